The molecule has 1 atom stereocenters. The molecule has 1 amide bonds. The quantitative estimate of drug-likeness (QED) is 0.564. The van der Waals surface area contributed by atoms with Crippen LogP contribution in [-0.2, 0) is 27.7 Å². The van der Waals surface area contributed by atoms with E-state index in [1.165, 1.54) is 17.5 Å². The summed E-state index contributed by atoms with van der Waals surface area (Å²) in [6, 6.07) is 7.38. The van der Waals surface area contributed by atoms with Crippen LogP contribution in [-0.4, -0.2) is 38.8 Å². The summed E-state index contributed by atoms with van der Waals surface area (Å²) in [5.41, 5.74) is 2.85. The lowest BCUT2D eigenvalue weighted by atomic mass is 9.97. The van der Waals surface area contributed by atoms with Crippen molar-refractivity contribution in [2.45, 2.75) is 44.4 Å². The highest BCUT2D eigenvalue weighted by atomic mass is 79.9. The van der Waals surface area contributed by atoms with Gasteiger partial charge in [0.15, 0.2) is 0 Å². The number of nitrogens with one attached hydrogen (secondary N) is 1. The van der Waals surface area contributed by atoms with Crippen LogP contribution in [0.3, 0.4) is 0 Å². The molecule has 1 heterocycles. The summed E-state index contributed by atoms with van der Waals surface area (Å²) in [4.78, 5) is 12.9. The monoisotopic (exact) mass is 526 g/mol. The number of halogens is 2. The van der Waals surface area contributed by atoms with Crippen molar-refractivity contribution < 1.29 is 22.3 Å². The topological polar surface area (TPSA) is 75.7 Å². The maximum absolute atomic E-state index is 13.8. The van der Waals surface area contributed by atoms with Gasteiger partial charge in [-0.15, -0.1) is 0 Å². The normalized spacial score (nSPS) is 17.2. The highest BCUT2D eigenvalue weighted by Crippen LogP contribution is 2.32. The third kappa shape index (κ3) is 5.15. The van der Waals surface area contributed by atoms with E-state index in [1.54, 1.807) is 0 Å². The van der Waals surface area contributed by atoms with E-state index in [4.69, 9.17) is 4.74 Å². The van der Waals surface area contributed by atoms with Crippen LogP contribution < -0.4 is 10.1 Å². The van der Waals surface area contributed by atoms with Gasteiger partial charge < -0.3 is 10.1 Å². The first kappa shape index (κ1) is 24.7. The lowest BCUT2D eigenvalue weighted by molar-refractivity contribution is -0.120. The predicted molar refractivity (Wildman–Crippen MR) is 126 cm³/mol. The number of anilines is 1. The highest BCUT2D eigenvalue weighted by molar-refractivity contribution is 9.10. The molecule has 9 heteroatoms. The molecule has 174 valence electrons. The average Bonchev–Trinajstić information content (AvgIpc) is 2.79. The summed E-state index contributed by atoms with van der Waals surface area (Å²) >= 11 is 3.52. The Morgan fingerprint density at radius 3 is 2.47 bits per heavy atom. The Kier molecular flexibility index (Phi) is 7.95. The van der Waals surface area contributed by atoms with Crippen molar-refractivity contribution in [2.24, 2.45) is 5.92 Å². The van der Waals surface area contributed by atoms with Gasteiger partial charge in [0, 0.05) is 23.2 Å². The van der Waals surface area contributed by atoms with Gasteiger partial charge in [0.2, 0.25) is 15.9 Å². The zero-order chi connectivity index (χ0) is 23.5. The number of hydrogen-bond donors (Lipinski definition) is 1. The number of piperidine rings is 1. The Bertz CT molecular complexity index is 1080. The molecule has 1 aliphatic rings. The number of ether oxygens (including phenoxy) is 1. The smallest absolute Gasteiger partial charge is 0.246 e. The van der Waals surface area contributed by atoms with E-state index in [0.29, 0.717) is 12.8 Å². The second kappa shape index (κ2) is 10.3. The maximum Gasteiger partial charge on any atom is 0.246 e. The lowest BCUT2D eigenvalue weighted by Gasteiger charge is -2.32. The van der Waals surface area contributed by atoms with E-state index in [1.807, 2.05) is 26.0 Å². The third-order valence-corrected chi connectivity index (χ3v) is 8.12. The predicted octanol–water partition coefficient (Wildman–Crippen LogP) is 4.76. The van der Waals surface area contributed by atoms with Crippen LogP contribution in [0.5, 0.6) is 5.75 Å². The minimum atomic E-state index is -4.02. The summed E-state index contributed by atoms with van der Waals surface area (Å²) < 4.78 is 47.6. The second-order valence-corrected chi connectivity index (χ2v) is 10.6. The fraction of sp³-hybridized carbons (Fsp3) is 0.435. The van der Waals surface area contributed by atoms with Crippen molar-refractivity contribution in [3.63, 3.8) is 0 Å². The van der Waals surface area contributed by atoms with Gasteiger partial charge >= 0.3 is 0 Å². The van der Waals surface area contributed by atoms with Gasteiger partial charge in [-0.3, -0.25) is 4.79 Å². The molecular formula is C23H28BrFN2O4S. The first-order valence-corrected chi connectivity index (χ1v) is 12.9. The number of benzene rings is 2. The first-order valence-electron chi connectivity index (χ1n) is 10.7. The number of sulfonamides is 1. The van der Waals surface area contributed by atoms with Gasteiger partial charge in [-0.1, -0.05) is 29.8 Å². The summed E-state index contributed by atoms with van der Waals surface area (Å²) in [7, 11) is -2.67. The van der Waals surface area contributed by atoms with Gasteiger partial charge in [-0.2, -0.15) is 4.31 Å². The van der Waals surface area contributed by atoms with Crippen molar-refractivity contribution in [1.82, 2.24) is 4.31 Å². The van der Waals surface area contributed by atoms with E-state index >= 15 is 0 Å². The minimum absolute atomic E-state index is 0.0350. The molecular weight excluding hydrogens is 499 g/mol. The van der Waals surface area contributed by atoms with Crippen molar-refractivity contribution >= 4 is 37.5 Å². The zero-order valence-corrected chi connectivity index (χ0v) is 20.9. The Balaban J connectivity index is 1.84. The molecule has 1 saturated heterocycles. The number of carbonyl (C=O) groups is 1. The largest absolute Gasteiger partial charge is 0.495 e. The molecule has 0 saturated carbocycles. The van der Waals surface area contributed by atoms with Crippen LogP contribution in [0.1, 0.15) is 37.8 Å². The summed E-state index contributed by atoms with van der Waals surface area (Å²) in [5.74, 6) is -1.29. The molecule has 0 aliphatic carbocycles. The fourth-order valence-corrected chi connectivity index (χ4v) is 6.28. The van der Waals surface area contributed by atoms with Crippen LogP contribution in [0.15, 0.2) is 39.7 Å². The molecule has 3 rings (SSSR count). The van der Waals surface area contributed by atoms with Gasteiger partial charge in [-0.05, 0) is 67.1 Å². The third-order valence-electron chi connectivity index (χ3n) is 5.77. The van der Waals surface area contributed by atoms with Gasteiger partial charge in [-0.25, -0.2) is 12.8 Å². The number of aryl methyl sites for hydroxylation is 2. The number of hydrogen-bond acceptors (Lipinski definition) is 4. The number of nitrogens with zero attached hydrogens (tertiary/aromatic N) is 1. The standard InChI is InChI=1S/C23H28BrFN2O4S/c1-4-15-11-18(24)12-16(5-2)22(15)26-23(28)17-7-6-10-27(14-17)32(29,30)21-13-19(25)8-9-20(21)31-3/h8-9,11-13,17H,4-7,10,14H2,1-3H3,(H,26,28)/t17-/m1/s1. The summed E-state index contributed by atoms with van der Waals surface area (Å²) in [6.07, 6.45) is 2.63. The Morgan fingerprint density at radius 2 is 1.88 bits per heavy atom. The Hall–Kier alpha value is -1.97. The summed E-state index contributed by atoms with van der Waals surface area (Å²) in [5, 5.41) is 3.06. The molecule has 2 aromatic rings. The molecule has 1 N–H and O–H groups in total. The zero-order valence-electron chi connectivity index (χ0n) is 18.5. The molecule has 1 aliphatic heterocycles. The number of methoxy groups -OCH3 is 1. The molecule has 0 aromatic heterocycles. The van der Waals surface area contributed by atoms with Gasteiger partial charge in [0.25, 0.3) is 0 Å². The molecule has 0 bridgehead atoms. The second-order valence-electron chi connectivity index (χ2n) is 7.79. The van der Waals surface area contributed by atoms with Crippen molar-refractivity contribution in [1.29, 1.82) is 0 Å². The van der Waals surface area contributed by atoms with Crippen molar-refractivity contribution in [2.75, 3.05) is 25.5 Å². The fourth-order valence-electron chi connectivity index (χ4n) is 4.03. The highest BCUT2D eigenvalue weighted by Gasteiger charge is 2.35. The number of amides is 1. The molecule has 2 aromatic carbocycles. The minimum Gasteiger partial charge on any atom is -0.495 e. The van der Waals surface area contributed by atoms with Crippen molar-refractivity contribution in [3.8, 4) is 5.75 Å². The first-order chi connectivity index (χ1) is 15.2. The van der Waals surface area contributed by atoms with E-state index in [2.05, 4.69) is 21.2 Å². The molecule has 0 radical (unpaired) electrons. The maximum atomic E-state index is 13.8. The molecule has 0 spiro atoms. The Morgan fingerprint density at radius 1 is 1.22 bits per heavy atom. The van der Waals surface area contributed by atoms with Crippen LogP contribution in [0.25, 0.3) is 0 Å². The molecule has 32 heavy (non-hydrogen) atoms. The SMILES string of the molecule is CCc1cc(Br)cc(CC)c1NC(=O)[C@@H]1CCCN(S(=O)(=O)c2cc(F)ccc2OC)C1. The van der Waals surface area contributed by atoms with Gasteiger partial charge in [0.05, 0.1) is 13.0 Å². The van der Waals surface area contributed by atoms with Crippen LogP contribution >= 0.6 is 15.9 Å². The van der Waals surface area contributed by atoms with E-state index in [9.17, 15) is 17.6 Å². The van der Waals surface area contributed by atoms with Gasteiger partial charge in [0.1, 0.15) is 16.5 Å². The van der Waals surface area contributed by atoms with E-state index < -0.39 is 21.8 Å². The van der Waals surface area contributed by atoms with Crippen LogP contribution in [0.4, 0.5) is 10.1 Å². The molecule has 6 nitrogen and oxygen atoms in total. The Labute approximate surface area is 197 Å². The number of rotatable bonds is 7. The van der Waals surface area contributed by atoms with Crippen LogP contribution in [0, 0.1) is 11.7 Å². The van der Waals surface area contributed by atoms with E-state index in [0.717, 1.165) is 46.3 Å². The van der Waals surface area contributed by atoms with E-state index in [-0.39, 0.29) is 29.6 Å². The number of carbonyl (C=O) groups excluding carboxylic acids is 1. The van der Waals surface area contributed by atoms with Crippen molar-refractivity contribution in [3.05, 3.63) is 51.7 Å². The average molecular weight is 527 g/mol. The molecule has 0 unspecified atom stereocenters. The molecule has 1 fully saturated rings. The lowest BCUT2D eigenvalue weighted by Crippen LogP contribution is -2.43. The van der Waals surface area contributed by atoms with Crippen LogP contribution in [0.2, 0.25) is 0 Å². The summed E-state index contributed by atoms with van der Waals surface area (Å²) in [6.45, 7) is 4.36.